The molecule has 2 rings (SSSR count). The van der Waals surface area contributed by atoms with Crippen LogP contribution in [0, 0.1) is 5.41 Å². The standard InChI is InChI=1S/C14H26N2O3/c1-13(2,12(17)15-3)9-16-11-4-6-19-14(8-11)5-7-18-10-14/h11,16H,4-10H2,1-3H3,(H,15,17). The van der Waals surface area contributed by atoms with Gasteiger partial charge in [-0.1, -0.05) is 0 Å². The Morgan fingerprint density at radius 1 is 1.42 bits per heavy atom. The summed E-state index contributed by atoms with van der Waals surface area (Å²) in [5, 5.41) is 6.25. The number of hydrogen-bond donors (Lipinski definition) is 2. The minimum absolute atomic E-state index is 0.0750. The number of carbonyl (C=O) groups is 1. The molecule has 0 aliphatic carbocycles. The molecule has 0 saturated carbocycles. The van der Waals surface area contributed by atoms with Crippen LogP contribution >= 0.6 is 0 Å². The fraction of sp³-hybridized carbons (Fsp3) is 0.929. The normalized spacial score (nSPS) is 31.6. The average molecular weight is 270 g/mol. The van der Waals surface area contributed by atoms with Crippen molar-refractivity contribution in [3.63, 3.8) is 0 Å². The summed E-state index contributed by atoms with van der Waals surface area (Å²) in [6, 6.07) is 0.416. The molecule has 0 bridgehead atoms. The first kappa shape index (κ1) is 14.8. The third-order valence-electron chi connectivity index (χ3n) is 4.23. The monoisotopic (exact) mass is 270 g/mol. The van der Waals surface area contributed by atoms with Crippen LogP contribution in [0.5, 0.6) is 0 Å². The highest BCUT2D eigenvalue weighted by molar-refractivity contribution is 5.81. The molecule has 0 aromatic rings. The van der Waals surface area contributed by atoms with Gasteiger partial charge in [0.1, 0.15) is 0 Å². The molecule has 110 valence electrons. The fourth-order valence-corrected chi connectivity index (χ4v) is 2.88. The van der Waals surface area contributed by atoms with E-state index in [0.29, 0.717) is 19.2 Å². The number of carbonyl (C=O) groups excluding carboxylic acids is 1. The number of rotatable bonds is 4. The lowest BCUT2D eigenvalue weighted by Crippen LogP contribution is -2.51. The molecule has 0 radical (unpaired) electrons. The lowest BCUT2D eigenvalue weighted by atomic mass is 9.87. The summed E-state index contributed by atoms with van der Waals surface area (Å²) in [4.78, 5) is 11.8. The molecule has 5 heteroatoms. The number of hydrogen-bond acceptors (Lipinski definition) is 4. The first-order valence-corrected chi connectivity index (χ1v) is 7.15. The van der Waals surface area contributed by atoms with Crippen molar-refractivity contribution in [2.45, 2.75) is 44.8 Å². The van der Waals surface area contributed by atoms with Gasteiger partial charge < -0.3 is 20.1 Å². The van der Waals surface area contributed by atoms with Crippen molar-refractivity contribution >= 4 is 5.91 Å². The molecular weight excluding hydrogens is 244 g/mol. The highest BCUT2D eigenvalue weighted by Gasteiger charge is 2.41. The predicted molar refractivity (Wildman–Crippen MR) is 73.0 cm³/mol. The second-order valence-corrected chi connectivity index (χ2v) is 6.37. The lowest BCUT2D eigenvalue weighted by molar-refractivity contribution is -0.129. The van der Waals surface area contributed by atoms with Crippen LogP contribution < -0.4 is 10.6 Å². The van der Waals surface area contributed by atoms with Gasteiger partial charge in [-0.25, -0.2) is 0 Å². The third kappa shape index (κ3) is 3.46. The molecule has 2 atom stereocenters. The molecule has 2 aliphatic rings. The Morgan fingerprint density at radius 3 is 2.84 bits per heavy atom. The van der Waals surface area contributed by atoms with Crippen LogP contribution in [0.2, 0.25) is 0 Å². The summed E-state index contributed by atoms with van der Waals surface area (Å²) in [6.07, 6.45) is 2.98. The largest absolute Gasteiger partial charge is 0.378 e. The lowest BCUT2D eigenvalue weighted by Gasteiger charge is -2.38. The first-order chi connectivity index (χ1) is 8.97. The van der Waals surface area contributed by atoms with E-state index in [-0.39, 0.29) is 16.9 Å². The van der Waals surface area contributed by atoms with Gasteiger partial charge >= 0.3 is 0 Å². The molecule has 1 spiro atoms. The van der Waals surface area contributed by atoms with Gasteiger partial charge in [0.05, 0.1) is 17.6 Å². The molecule has 0 aromatic carbocycles. The van der Waals surface area contributed by atoms with E-state index in [1.807, 2.05) is 13.8 Å². The topological polar surface area (TPSA) is 59.6 Å². The molecule has 5 nitrogen and oxygen atoms in total. The summed E-state index contributed by atoms with van der Waals surface area (Å²) in [5.74, 6) is 0.0750. The number of ether oxygens (including phenoxy) is 2. The summed E-state index contributed by atoms with van der Waals surface area (Å²) in [6.45, 7) is 6.91. The van der Waals surface area contributed by atoms with Crippen LogP contribution in [0.4, 0.5) is 0 Å². The third-order valence-corrected chi connectivity index (χ3v) is 4.23. The van der Waals surface area contributed by atoms with Gasteiger partial charge in [0.2, 0.25) is 5.91 Å². The van der Waals surface area contributed by atoms with Crippen LogP contribution in [0.15, 0.2) is 0 Å². The van der Waals surface area contributed by atoms with Gasteiger partial charge in [-0.05, 0) is 26.7 Å². The van der Waals surface area contributed by atoms with E-state index >= 15 is 0 Å². The van der Waals surface area contributed by atoms with Crippen molar-refractivity contribution in [1.29, 1.82) is 0 Å². The van der Waals surface area contributed by atoms with E-state index in [9.17, 15) is 4.79 Å². The molecule has 2 unspecified atom stereocenters. The molecule has 2 heterocycles. The van der Waals surface area contributed by atoms with Crippen molar-refractivity contribution in [3.05, 3.63) is 0 Å². The zero-order valence-electron chi connectivity index (χ0n) is 12.3. The van der Waals surface area contributed by atoms with Crippen LogP contribution in [-0.2, 0) is 14.3 Å². The van der Waals surface area contributed by atoms with Gasteiger partial charge in [-0.2, -0.15) is 0 Å². The quantitative estimate of drug-likeness (QED) is 0.789. The Hall–Kier alpha value is -0.650. The summed E-state index contributed by atoms with van der Waals surface area (Å²) in [7, 11) is 1.68. The SMILES string of the molecule is CNC(=O)C(C)(C)CNC1CCOC2(CCOC2)C1. The van der Waals surface area contributed by atoms with E-state index in [2.05, 4.69) is 10.6 Å². The average Bonchev–Trinajstić information content (AvgIpc) is 2.83. The Labute approximate surface area is 115 Å². The van der Waals surface area contributed by atoms with Crippen molar-refractivity contribution in [1.82, 2.24) is 10.6 Å². The Morgan fingerprint density at radius 2 is 2.21 bits per heavy atom. The van der Waals surface area contributed by atoms with Crippen LogP contribution in [0.25, 0.3) is 0 Å². The van der Waals surface area contributed by atoms with Crippen LogP contribution in [-0.4, -0.2) is 51.0 Å². The van der Waals surface area contributed by atoms with Gasteiger partial charge in [0.15, 0.2) is 0 Å². The van der Waals surface area contributed by atoms with Crippen LogP contribution in [0.1, 0.15) is 33.1 Å². The van der Waals surface area contributed by atoms with Gasteiger partial charge in [-0.15, -0.1) is 0 Å². The highest BCUT2D eigenvalue weighted by Crippen LogP contribution is 2.33. The van der Waals surface area contributed by atoms with Crippen LogP contribution in [0.3, 0.4) is 0 Å². The van der Waals surface area contributed by atoms with Gasteiger partial charge in [-0.3, -0.25) is 4.79 Å². The molecule has 2 fully saturated rings. The van der Waals surface area contributed by atoms with E-state index in [4.69, 9.17) is 9.47 Å². The molecule has 1 amide bonds. The smallest absolute Gasteiger partial charge is 0.226 e. The summed E-state index contributed by atoms with van der Waals surface area (Å²) < 4.78 is 11.4. The molecule has 0 aromatic heterocycles. The summed E-state index contributed by atoms with van der Waals surface area (Å²) >= 11 is 0. The van der Waals surface area contributed by atoms with Crippen molar-refractivity contribution in [2.75, 3.05) is 33.4 Å². The Kier molecular flexibility index (Phi) is 4.48. The fourth-order valence-electron chi connectivity index (χ4n) is 2.88. The van der Waals surface area contributed by atoms with E-state index < -0.39 is 0 Å². The maximum absolute atomic E-state index is 11.8. The predicted octanol–water partition coefficient (Wildman–Crippen LogP) is 0.686. The van der Waals surface area contributed by atoms with Crippen molar-refractivity contribution in [3.8, 4) is 0 Å². The van der Waals surface area contributed by atoms with E-state index in [1.54, 1.807) is 7.05 Å². The number of amides is 1. The van der Waals surface area contributed by atoms with Crippen molar-refractivity contribution in [2.24, 2.45) is 5.41 Å². The Bertz CT molecular complexity index is 325. The Balaban J connectivity index is 1.84. The molecule has 2 aliphatic heterocycles. The minimum Gasteiger partial charge on any atom is -0.378 e. The molecule has 2 N–H and O–H groups in total. The highest BCUT2D eigenvalue weighted by atomic mass is 16.6. The van der Waals surface area contributed by atoms with Gasteiger partial charge in [0.25, 0.3) is 0 Å². The van der Waals surface area contributed by atoms with E-state index in [1.165, 1.54) is 0 Å². The van der Waals surface area contributed by atoms with Crippen molar-refractivity contribution < 1.29 is 14.3 Å². The maximum Gasteiger partial charge on any atom is 0.226 e. The minimum atomic E-state index is -0.383. The van der Waals surface area contributed by atoms with E-state index in [0.717, 1.165) is 32.5 Å². The zero-order valence-corrected chi connectivity index (χ0v) is 12.3. The zero-order chi connectivity index (χ0) is 13.9. The number of nitrogens with one attached hydrogen (secondary N) is 2. The van der Waals surface area contributed by atoms with Gasteiger partial charge in [0, 0.05) is 39.3 Å². The first-order valence-electron chi connectivity index (χ1n) is 7.15. The molecule has 19 heavy (non-hydrogen) atoms. The summed E-state index contributed by atoms with van der Waals surface area (Å²) in [5.41, 5.74) is -0.459. The molecular formula is C14H26N2O3. The second-order valence-electron chi connectivity index (χ2n) is 6.37. The molecule has 2 saturated heterocycles. The maximum atomic E-state index is 11.8. The second kappa shape index (κ2) is 5.77.